The summed E-state index contributed by atoms with van der Waals surface area (Å²) in [7, 11) is 1.63. The molecule has 0 saturated carbocycles. The number of H-pyrrole nitrogens is 1. The fourth-order valence-electron chi connectivity index (χ4n) is 2.80. The molecule has 0 fully saturated rings. The van der Waals surface area contributed by atoms with Crippen LogP contribution in [0.2, 0.25) is 0 Å². The van der Waals surface area contributed by atoms with Gasteiger partial charge in [0.15, 0.2) is 11.2 Å². The van der Waals surface area contributed by atoms with Crippen molar-refractivity contribution in [2.24, 2.45) is 5.10 Å². The molecule has 4 aromatic rings. The van der Waals surface area contributed by atoms with E-state index in [0.29, 0.717) is 22.4 Å². The number of methoxy groups -OCH3 is 1. The van der Waals surface area contributed by atoms with Crippen LogP contribution in [0, 0.1) is 6.92 Å². The molecule has 6 nitrogen and oxygen atoms in total. The van der Waals surface area contributed by atoms with E-state index >= 15 is 0 Å². The minimum absolute atomic E-state index is 0.0918. The number of rotatable bonds is 3. The van der Waals surface area contributed by atoms with E-state index in [0.717, 1.165) is 16.8 Å². The summed E-state index contributed by atoms with van der Waals surface area (Å²) in [6.07, 6.45) is 1.72. The van der Waals surface area contributed by atoms with E-state index < -0.39 is 0 Å². The molecular weight excluding hydrogens is 316 g/mol. The lowest BCUT2D eigenvalue weighted by molar-refractivity contribution is 0.415. The summed E-state index contributed by atoms with van der Waals surface area (Å²) in [4.78, 5) is 20.3. The molecule has 0 amide bonds. The normalized spacial score (nSPS) is 11.6. The van der Waals surface area contributed by atoms with Gasteiger partial charge >= 0.3 is 0 Å². The van der Waals surface area contributed by atoms with Crippen LogP contribution in [0.4, 0.5) is 0 Å². The minimum Gasteiger partial charge on any atom is -0.497 e. The highest BCUT2D eigenvalue weighted by Crippen LogP contribution is 2.16. The maximum atomic E-state index is 12.6. The number of hydrogen-bond donors (Lipinski definition) is 1. The smallest absolute Gasteiger partial charge is 0.217 e. The topological polar surface area (TPSA) is 72.3 Å². The molecule has 2 aromatic carbocycles. The molecule has 0 spiro atoms. The number of aromatic amines is 1. The predicted octanol–water partition coefficient (Wildman–Crippen LogP) is 3.08. The van der Waals surface area contributed by atoms with Crippen molar-refractivity contribution in [1.29, 1.82) is 0 Å². The standard InChI is InChI=1S/C19H16N4O2/c1-12-21-17-18(24)15-5-3-4-6-16(15)22-19(17)23(12)20-11-13-7-9-14(25-2)10-8-13/h3-11H,1-2H3,(H,22,24). The maximum absolute atomic E-state index is 12.6. The van der Waals surface area contributed by atoms with Gasteiger partial charge in [0.25, 0.3) is 0 Å². The molecule has 2 heterocycles. The average Bonchev–Trinajstić information content (AvgIpc) is 2.96. The molecule has 0 unspecified atom stereocenters. The number of hydrogen-bond acceptors (Lipinski definition) is 4. The van der Waals surface area contributed by atoms with Crippen molar-refractivity contribution in [1.82, 2.24) is 14.6 Å². The third-order valence-corrected chi connectivity index (χ3v) is 4.09. The van der Waals surface area contributed by atoms with Crippen LogP contribution in [0.25, 0.3) is 22.1 Å². The van der Waals surface area contributed by atoms with Gasteiger partial charge in [-0.2, -0.15) is 5.10 Å². The van der Waals surface area contributed by atoms with Gasteiger partial charge in [-0.25, -0.2) is 9.66 Å². The van der Waals surface area contributed by atoms with Crippen molar-refractivity contribution in [3.8, 4) is 5.75 Å². The Kier molecular flexibility index (Phi) is 3.57. The maximum Gasteiger partial charge on any atom is 0.217 e. The van der Waals surface area contributed by atoms with E-state index in [1.165, 1.54) is 0 Å². The van der Waals surface area contributed by atoms with Gasteiger partial charge < -0.3 is 9.72 Å². The zero-order valence-electron chi connectivity index (χ0n) is 13.9. The lowest BCUT2D eigenvalue weighted by Gasteiger charge is -2.02. The van der Waals surface area contributed by atoms with E-state index in [2.05, 4.69) is 15.1 Å². The Morgan fingerprint density at radius 1 is 1.16 bits per heavy atom. The summed E-state index contributed by atoms with van der Waals surface area (Å²) in [5, 5.41) is 5.11. The Morgan fingerprint density at radius 2 is 1.92 bits per heavy atom. The number of nitrogens with zero attached hydrogens (tertiary/aromatic N) is 3. The van der Waals surface area contributed by atoms with Crippen molar-refractivity contribution >= 4 is 28.3 Å². The number of pyridine rings is 1. The van der Waals surface area contributed by atoms with Crippen molar-refractivity contribution in [2.75, 3.05) is 7.11 Å². The summed E-state index contributed by atoms with van der Waals surface area (Å²) in [6.45, 7) is 1.82. The van der Waals surface area contributed by atoms with Crippen LogP contribution in [0.3, 0.4) is 0 Å². The van der Waals surface area contributed by atoms with Crippen molar-refractivity contribution in [2.45, 2.75) is 6.92 Å². The molecule has 1 N–H and O–H groups in total. The van der Waals surface area contributed by atoms with E-state index in [-0.39, 0.29) is 5.43 Å². The number of benzene rings is 2. The van der Waals surface area contributed by atoms with Crippen LogP contribution in [-0.4, -0.2) is 28.0 Å². The molecule has 0 atom stereocenters. The van der Waals surface area contributed by atoms with Gasteiger partial charge in [-0.1, -0.05) is 12.1 Å². The zero-order chi connectivity index (χ0) is 17.4. The summed E-state index contributed by atoms with van der Waals surface area (Å²) >= 11 is 0. The van der Waals surface area contributed by atoms with Gasteiger partial charge in [-0.3, -0.25) is 4.79 Å². The molecule has 124 valence electrons. The van der Waals surface area contributed by atoms with Crippen LogP contribution in [-0.2, 0) is 0 Å². The molecular formula is C19H16N4O2. The quantitative estimate of drug-likeness (QED) is 0.586. The van der Waals surface area contributed by atoms with Gasteiger partial charge in [0.2, 0.25) is 5.43 Å². The molecule has 0 aliphatic carbocycles. The first-order valence-electron chi connectivity index (χ1n) is 7.86. The van der Waals surface area contributed by atoms with Gasteiger partial charge in [0.05, 0.1) is 18.8 Å². The number of nitrogens with one attached hydrogen (secondary N) is 1. The van der Waals surface area contributed by atoms with Crippen LogP contribution in [0.15, 0.2) is 58.4 Å². The summed E-state index contributed by atoms with van der Waals surface area (Å²) < 4.78 is 6.80. The second-order valence-electron chi connectivity index (χ2n) is 5.69. The Bertz CT molecular complexity index is 1150. The highest BCUT2D eigenvalue weighted by atomic mass is 16.5. The first kappa shape index (κ1) is 15.1. The Morgan fingerprint density at radius 3 is 2.68 bits per heavy atom. The lowest BCUT2D eigenvalue weighted by atomic mass is 10.2. The van der Waals surface area contributed by atoms with Gasteiger partial charge in [-0.05, 0) is 48.9 Å². The summed E-state index contributed by atoms with van der Waals surface area (Å²) in [5.74, 6) is 1.43. The van der Waals surface area contributed by atoms with Gasteiger partial charge in [0.1, 0.15) is 11.6 Å². The Hall–Kier alpha value is -3.41. The molecule has 6 heteroatoms. The fourth-order valence-corrected chi connectivity index (χ4v) is 2.80. The average molecular weight is 332 g/mol. The number of aryl methyl sites for hydroxylation is 1. The van der Waals surface area contributed by atoms with Crippen LogP contribution in [0.1, 0.15) is 11.4 Å². The number of imidazole rings is 1. The first-order valence-corrected chi connectivity index (χ1v) is 7.86. The minimum atomic E-state index is -0.0918. The van der Waals surface area contributed by atoms with Gasteiger partial charge in [0, 0.05) is 5.39 Å². The summed E-state index contributed by atoms with van der Waals surface area (Å²) in [5.41, 5.74) is 2.57. The van der Waals surface area contributed by atoms with Crippen LogP contribution < -0.4 is 10.2 Å². The van der Waals surface area contributed by atoms with E-state index in [1.807, 2.05) is 49.4 Å². The van der Waals surface area contributed by atoms with E-state index in [1.54, 1.807) is 24.1 Å². The largest absolute Gasteiger partial charge is 0.497 e. The number of para-hydroxylation sites is 1. The van der Waals surface area contributed by atoms with Gasteiger partial charge in [-0.15, -0.1) is 0 Å². The zero-order valence-corrected chi connectivity index (χ0v) is 13.9. The second-order valence-corrected chi connectivity index (χ2v) is 5.69. The molecule has 0 radical (unpaired) electrons. The van der Waals surface area contributed by atoms with Crippen LogP contribution >= 0.6 is 0 Å². The fraction of sp³-hybridized carbons (Fsp3) is 0.105. The van der Waals surface area contributed by atoms with Crippen molar-refractivity contribution < 1.29 is 4.74 Å². The monoisotopic (exact) mass is 332 g/mol. The lowest BCUT2D eigenvalue weighted by Crippen LogP contribution is -2.04. The molecule has 0 aliphatic rings. The Labute approximate surface area is 143 Å². The third kappa shape index (κ3) is 2.57. The number of ether oxygens (including phenoxy) is 1. The summed E-state index contributed by atoms with van der Waals surface area (Å²) in [6, 6.07) is 15.0. The van der Waals surface area contributed by atoms with Crippen molar-refractivity contribution in [3.63, 3.8) is 0 Å². The first-order chi connectivity index (χ1) is 12.2. The Balaban J connectivity index is 1.85. The molecule has 4 rings (SSSR count). The van der Waals surface area contributed by atoms with E-state index in [9.17, 15) is 4.79 Å². The third-order valence-electron chi connectivity index (χ3n) is 4.09. The number of aromatic nitrogens is 3. The SMILES string of the molecule is COc1ccc(C=Nn2c(C)nc3c(=O)c4ccccc4[nH]c32)cc1. The highest BCUT2D eigenvalue weighted by Gasteiger charge is 2.13. The van der Waals surface area contributed by atoms with E-state index in [4.69, 9.17) is 4.74 Å². The van der Waals surface area contributed by atoms with Crippen molar-refractivity contribution in [3.05, 3.63) is 70.1 Å². The molecule has 25 heavy (non-hydrogen) atoms. The second kappa shape index (κ2) is 5.90. The number of fused-ring (bicyclic) bond motifs is 2. The molecule has 0 bridgehead atoms. The molecule has 2 aromatic heterocycles. The molecule has 0 saturated heterocycles. The van der Waals surface area contributed by atoms with Crippen LogP contribution in [0.5, 0.6) is 5.75 Å². The highest BCUT2D eigenvalue weighted by molar-refractivity contribution is 5.89. The predicted molar refractivity (Wildman–Crippen MR) is 98.6 cm³/mol. The molecule has 0 aliphatic heterocycles.